The number of pyridine rings is 1. The van der Waals surface area contributed by atoms with Gasteiger partial charge in [-0.3, -0.25) is 4.98 Å². The van der Waals surface area contributed by atoms with E-state index in [1.165, 1.54) is 17.0 Å². The minimum Gasteiger partial charge on any atom is -0.351 e. The van der Waals surface area contributed by atoms with Gasteiger partial charge in [0.2, 0.25) is 0 Å². The predicted molar refractivity (Wildman–Crippen MR) is 139 cm³/mol. The molecule has 1 aliphatic rings. The predicted octanol–water partition coefficient (Wildman–Crippen LogP) is 6.48. The molecule has 0 spiro atoms. The maximum atomic E-state index is 5.91. The van der Waals surface area contributed by atoms with Gasteiger partial charge in [0.1, 0.15) is 6.04 Å². The third-order valence-corrected chi connectivity index (χ3v) is 6.67. The van der Waals surface area contributed by atoms with Crippen molar-refractivity contribution >= 4 is 23.0 Å². The van der Waals surface area contributed by atoms with Crippen molar-refractivity contribution in [3.8, 4) is 5.69 Å². The smallest absolute Gasteiger partial charge is 0.174 e. The van der Waals surface area contributed by atoms with Gasteiger partial charge in [0.05, 0.1) is 11.7 Å². The van der Waals surface area contributed by atoms with Gasteiger partial charge < -0.3 is 14.8 Å². The number of nitrogens with one attached hydrogen (secondary N) is 1. The summed E-state index contributed by atoms with van der Waals surface area (Å²) in [6.07, 6.45) is 1.85. The highest BCUT2D eigenvalue weighted by Gasteiger charge is 2.42. The summed E-state index contributed by atoms with van der Waals surface area (Å²) < 4.78 is 2.33. The summed E-state index contributed by atoms with van der Waals surface area (Å²) in [6, 6.07) is 29.6. The quantitative estimate of drug-likeness (QED) is 0.351. The first-order chi connectivity index (χ1) is 16.0. The fraction of sp³-hybridized carbons (Fsp3) is 0.214. The van der Waals surface area contributed by atoms with Crippen LogP contribution in [0.1, 0.15) is 54.5 Å². The molecule has 0 bridgehead atoms. The van der Waals surface area contributed by atoms with Crippen molar-refractivity contribution in [2.75, 3.05) is 4.90 Å². The standard InChI is InChI=1S/C28H28N4S/c1-19(2)21-13-15-23(16-14-21)32-27(26(30-28(32)33)24-11-7-8-18-29-24)25-17-12-20(3)31(25)22-9-5-4-6-10-22/h4-19,26-27H,1-3H3,(H,30,33)/t26-,27+/m1/s1. The number of hydrogen-bond donors (Lipinski definition) is 1. The lowest BCUT2D eigenvalue weighted by Crippen LogP contribution is -2.30. The van der Waals surface area contributed by atoms with E-state index < -0.39 is 0 Å². The molecule has 1 N–H and O–H groups in total. The van der Waals surface area contributed by atoms with E-state index in [4.69, 9.17) is 12.2 Å². The van der Waals surface area contributed by atoms with Gasteiger partial charge in [-0.25, -0.2) is 0 Å². The van der Waals surface area contributed by atoms with Crippen LogP contribution in [0.15, 0.2) is 91.1 Å². The number of nitrogens with zero attached hydrogens (tertiary/aromatic N) is 3. The molecule has 2 atom stereocenters. The molecule has 4 aromatic rings. The third-order valence-electron chi connectivity index (χ3n) is 6.36. The lowest BCUT2D eigenvalue weighted by Gasteiger charge is -2.29. The van der Waals surface area contributed by atoms with Gasteiger partial charge in [-0.1, -0.05) is 50.2 Å². The average molecular weight is 453 g/mol. The molecule has 4 nitrogen and oxygen atoms in total. The number of para-hydroxylation sites is 1. The Hall–Kier alpha value is -3.44. The Morgan fingerprint density at radius 1 is 0.848 bits per heavy atom. The Kier molecular flexibility index (Phi) is 5.73. The minimum atomic E-state index is -0.0692. The van der Waals surface area contributed by atoms with E-state index in [1.54, 1.807) is 0 Å². The summed E-state index contributed by atoms with van der Waals surface area (Å²) in [7, 11) is 0. The first kappa shape index (κ1) is 21.4. The highest BCUT2D eigenvalue weighted by molar-refractivity contribution is 7.80. The zero-order valence-electron chi connectivity index (χ0n) is 19.1. The number of anilines is 1. The van der Waals surface area contributed by atoms with Crippen molar-refractivity contribution in [1.29, 1.82) is 0 Å². The van der Waals surface area contributed by atoms with Gasteiger partial charge in [-0.05, 0) is 79.2 Å². The topological polar surface area (TPSA) is 33.1 Å². The van der Waals surface area contributed by atoms with Crippen molar-refractivity contribution in [2.24, 2.45) is 0 Å². The molecule has 1 fully saturated rings. The fourth-order valence-corrected chi connectivity index (χ4v) is 5.02. The molecule has 0 unspecified atom stereocenters. The second-order valence-electron chi connectivity index (χ2n) is 8.81. The number of thiocarbonyl (C=S) groups is 1. The molecule has 1 saturated heterocycles. The van der Waals surface area contributed by atoms with Crippen LogP contribution in [0, 0.1) is 6.92 Å². The molecular weight excluding hydrogens is 424 g/mol. The van der Waals surface area contributed by atoms with E-state index in [0.717, 1.165) is 17.1 Å². The average Bonchev–Trinajstić information content (AvgIpc) is 3.39. The van der Waals surface area contributed by atoms with Crippen LogP contribution < -0.4 is 10.2 Å². The van der Waals surface area contributed by atoms with E-state index >= 15 is 0 Å². The normalized spacial score (nSPS) is 18.1. The van der Waals surface area contributed by atoms with Gasteiger partial charge in [-0.15, -0.1) is 0 Å². The van der Waals surface area contributed by atoms with E-state index in [1.807, 2.05) is 24.4 Å². The summed E-state index contributed by atoms with van der Waals surface area (Å²) in [5.41, 5.74) is 6.88. The number of hydrogen-bond acceptors (Lipinski definition) is 2. The number of aryl methyl sites for hydroxylation is 1. The summed E-state index contributed by atoms with van der Waals surface area (Å²) in [5, 5.41) is 4.29. The minimum absolute atomic E-state index is 0.0498. The fourth-order valence-electron chi connectivity index (χ4n) is 4.67. The largest absolute Gasteiger partial charge is 0.351 e. The summed E-state index contributed by atoms with van der Waals surface area (Å²) in [4.78, 5) is 6.93. The van der Waals surface area contributed by atoms with Gasteiger partial charge in [0.15, 0.2) is 5.11 Å². The molecule has 0 amide bonds. The molecule has 0 radical (unpaired) electrons. The summed E-state index contributed by atoms with van der Waals surface area (Å²) in [6.45, 7) is 6.58. The van der Waals surface area contributed by atoms with Crippen molar-refractivity contribution in [3.63, 3.8) is 0 Å². The molecule has 5 rings (SSSR count). The number of benzene rings is 2. The van der Waals surface area contributed by atoms with Crippen LogP contribution in [0.25, 0.3) is 5.69 Å². The maximum Gasteiger partial charge on any atom is 0.174 e. The molecule has 33 heavy (non-hydrogen) atoms. The van der Waals surface area contributed by atoms with Crippen LogP contribution in [0.4, 0.5) is 5.69 Å². The van der Waals surface area contributed by atoms with Gasteiger partial charge in [-0.2, -0.15) is 0 Å². The van der Waals surface area contributed by atoms with Crippen LogP contribution in [0.5, 0.6) is 0 Å². The highest BCUT2D eigenvalue weighted by atomic mass is 32.1. The molecule has 166 valence electrons. The highest BCUT2D eigenvalue weighted by Crippen LogP contribution is 2.42. The van der Waals surface area contributed by atoms with Crippen LogP contribution in [0.3, 0.4) is 0 Å². The van der Waals surface area contributed by atoms with Crippen LogP contribution in [0.2, 0.25) is 0 Å². The zero-order chi connectivity index (χ0) is 22.9. The van der Waals surface area contributed by atoms with E-state index in [9.17, 15) is 0 Å². The van der Waals surface area contributed by atoms with E-state index in [0.29, 0.717) is 11.0 Å². The Labute approximate surface area is 200 Å². The molecular formula is C28H28N4S. The Bertz CT molecular complexity index is 1250. The van der Waals surface area contributed by atoms with Gasteiger partial charge in [0.25, 0.3) is 0 Å². The van der Waals surface area contributed by atoms with Crippen LogP contribution in [-0.2, 0) is 0 Å². The second kappa shape index (κ2) is 8.83. The van der Waals surface area contributed by atoms with Crippen LogP contribution >= 0.6 is 12.2 Å². The first-order valence-electron chi connectivity index (χ1n) is 11.4. The van der Waals surface area contributed by atoms with Crippen molar-refractivity contribution < 1.29 is 0 Å². The first-order valence-corrected chi connectivity index (χ1v) is 11.8. The molecule has 2 aromatic carbocycles. The number of rotatable bonds is 5. The molecule has 3 heterocycles. The number of aromatic nitrogens is 2. The van der Waals surface area contributed by atoms with Crippen LogP contribution in [-0.4, -0.2) is 14.7 Å². The van der Waals surface area contributed by atoms with E-state index in [2.05, 4.69) is 107 Å². The van der Waals surface area contributed by atoms with Crippen molar-refractivity contribution in [3.05, 3.63) is 114 Å². The zero-order valence-corrected chi connectivity index (χ0v) is 20.0. The van der Waals surface area contributed by atoms with E-state index in [-0.39, 0.29) is 12.1 Å². The Morgan fingerprint density at radius 3 is 2.24 bits per heavy atom. The lowest BCUT2D eigenvalue weighted by atomic mass is 9.99. The van der Waals surface area contributed by atoms with Gasteiger partial charge in [0, 0.05) is 29.0 Å². The Morgan fingerprint density at radius 2 is 1.58 bits per heavy atom. The molecule has 5 heteroatoms. The molecule has 0 saturated carbocycles. The second-order valence-corrected chi connectivity index (χ2v) is 9.20. The molecule has 1 aliphatic heterocycles. The lowest BCUT2D eigenvalue weighted by molar-refractivity contribution is 0.548. The Balaban J connectivity index is 1.67. The maximum absolute atomic E-state index is 5.91. The third kappa shape index (κ3) is 3.93. The SMILES string of the molecule is Cc1ccc([C@H]2[C@@H](c3ccccn3)NC(=S)N2c2ccc(C(C)C)cc2)n1-c1ccccc1. The summed E-state index contributed by atoms with van der Waals surface area (Å²) >= 11 is 5.91. The molecule has 2 aromatic heterocycles. The monoisotopic (exact) mass is 452 g/mol. The molecule has 0 aliphatic carbocycles. The van der Waals surface area contributed by atoms with Crippen molar-refractivity contribution in [2.45, 2.75) is 38.8 Å². The van der Waals surface area contributed by atoms with Crippen molar-refractivity contribution in [1.82, 2.24) is 14.9 Å². The summed E-state index contributed by atoms with van der Waals surface area (Å²) in [5.74, 6) is 0.484. The van der Waals surface area contributed by atoms with Gasteiger partial charge >= 0.3 is 0 Å².